The zero-order valence-electron chi connectivity index (χ0n) is 21.1. The van der Waals surface area contributed by atoms with E-state index < -0.39 is 11.9 Å². The summed E-state index contributed by atoms with van der Waals surface area (Å²) in [5, 5.41) is 9.94. The predicted octanol–water partition coefficient (Wildman–Crippen LogP) is 4.88. The molecule has 5 rings (SSSR count). The number of anilines is 1. The highest BCUT2D eigenvalue weighted by Gasteiger charge is 2.32. The topological polar surface area (TPSA) is 82.3 Å². The first kappa shape index (κ1) is 25.1. The van der Waals surface area contributed by atoms with E-state index in [0.717, 1.165) is 18.6 Å². The molecule has 3 aromatic carbocycles. The number of nitrogens with zero attached hydrogens (tertiary/aromatic N) is 5. The van der Waals surface area contributed by atoms with E-state index in [2.05, 4.69) is 71.0 Å². The highest BCUT2D eigenvalue weighted by molar-refractivity contribution is 5.85. The van der Waals surface area contributed by atoms with Crippen molar-refractivity contribution in [3.63, 3.8) is 0 Å². The minimum atomic E-state index is -1.18. The van der Waals surface area contributed by atoms with Gasteiger partial charge in [0.1, 0.15) is 12.3 Å². The average molecular weight is 504 g/mol. The molecule has 0 aliphatic carbocycles. The highest BCUT2D eigenvalue weighted by Crippen LogP contribution is 2.32. The van der Waals surface area contributed by atoms with Gasteiger partial charge in [-0.2, -0.15) is 5.26 Å². The van der Waals surface area contributed by atoms with E-state index in [1.54, 1.807) is 0 Å². The fourth-order valence-electron chi connectivity index (χ4n) is 4.96. The number of ether oxygens (including phenoxy) is 1. The number of rotatable bonds is 8. The lowest BCUT2D eigenvalue weighted by Crippen LogP contribution is -2.48. The van der Waals surface area contributed by atoms with Crippen molar-refractivity contribution in [2.45, 2.75) is 12.0 Å². The Morgan fingerprint density at radius 1 is 0.895 bits per heavy atom. The van der Waals surface area contributed by atoms with Crippen LogP contribution in [0.5, 0.6) is 0 Å². The summed E-state index contributed by atoms with van der Waals surface area (Å²) in [7, 11) is 0. The van der Waals surface area contributed by atoms with Crippen LogP contribution in [0.4, 0.5) is 5.82 Å². The number of esters is 1. The molecule has 1 atom stereocenters. The van der Waals surface area contributed by atoms with Gasteiger partial charge in [0.2, 0.25) is 0 Å². The van der Waals surface area contributed by atoms with Gasteiger partial charge < -0.3 is 9.64 Å². The molecule has 0 amide bonds. The van der Waals surface area contributed by atoms with E-state index in [1.807, 2.05) is 36.4 Å². The molecule has 0 bridgehead atoms. The first-order valence-corrected chi connectivity index (χ1v) is 12.7. The van der Waals surface area contributed by atoms with Crippen LogP contribution in [0.15, 0.2) is 97.6 Å². The van der Waals surface area contributed by atoms with Crippen LogP contribution in [0.2, 0.25) is 0 Å². The van der Waals surface area contributed by atoms with E-state index in [1.165, 1.54) is 17.2 Å². The molecule has 1 unspecified atom stereocenters. The summed E-state index contributed by atoms with van der Waals surface area (Å²) in [6, 6.07) is 30.8. The number of para-hydroxylation sites is 2. The van der Waals surface area contributed by atoms with Crippen molar-refractivity contribution in [2.24, 2.45) is 0 Å². The van der Waals surface area contributed by atoms with Crippen LogP contribution >= 0.6 is 0 Å². The summed E-state index contributed by atoms with van der Waals surface area (Å²) in [5.74, 6) is -1.27. The Hall–Kier alpha value is -4.54. The molecule has 1 aliphatic rings. The maximum absolute atomic E-state index is 12.8. The lowest BCUT2D eigenvalue weighted by molar-refractivity contribution is -0.142. The molecule has 1 aromatic heterocycles. The van der Waals surface area contributed by atoms with Crippen LogP contribution in [-0.4, -0.2) is 53.6 Å². The van der Waals surface area contributed by atoms with Gasteiger partial charge in [-0.05, 0) is 23.3 Å². The van der Waals surface area contributed by atoms with Crippen LogP contribution in [0.25, 0.3) is 11.0 Å². The van der Waals surface area contributed by atoms with E-state index in [-0.39, 0.29) is 12.6 Å². The molecular formula is C31H29N5O2. The monoisotopic (exact) mass is 503 g/mol. The number of nitriles is 1. The fourth-order valence-corrected chi connectivity index (χ4v) is 4.96. The summed E-state index contributed by atoms with van der Waals surface area (Å²) in [5.41, 5.74) is 4.17. The SMILES string of the molecule is C=CCOC(=O)C(C#N)c1nc2ccccc2nc1N1CCN(C(c2ccccc2)c2ccccc2)CC1. The third kappa shape index (κ3) is 5.26. The lowest BCUT2D eigenvalue weighted by Gasteiger charge is -2.40. The van der Waals surface area contributed by atoms with E-state index in [9.17, 15) is 10.1 Å². The molecular weight excluding hydrogens is 474 g/mol. The van der Waals surface area contributed by atoms with Gasteiger partial charge in [-0.3, -0.25) is 9.69 Å². The molecule has 0 saturated carbocycles. The van der Waals surface area contributed by atoms with E-state index in [4.69, 9.17) is 14.7 Å². The lowest BCUT2D eigenvalue weighted by atomic mass is 9.96. The van der Waals surface area contributed by atoms with Gasteiger partial charge in [0.25, 0.3) is 0 Å². The number of benzene rings is 3. The first-order chi connectivity index (χ1) is 18.7. The largest absolute Gasteiger partial charge is 0.460 e. The van der Waals surface area contributed by atoms with Gasteiger partial charge in [-0.25, -0.2) is 9.97 Å². The third-order valence-corrected chi connectivity index (χ3v) is 6.77. The molecule has 2 heterocycles. The quantitative estimate of drug-likeness (QED) is 0.250. The number of hydrogen-bond acceptors (Lipinski definition) is 7. The Morgan fingerprint density at radius 2 is 1.45 bits per heavy atom. The molecule has 1 saturated heterocycles. The maximum atomic E-state index is 12.8. The molecule has 0 spiro atoms. The standard InChI is InChI=1S/C31H29N5O2/c1-2-21-38-31(37)25(22-32)28-30(34-27-16-10-9-15-26(27)33-28)36-19-17-35(18-20-36)29(23-11-5-3-6-12-23)24-13-7-4-8-14-24/h2-16,25,29H,1,17-21H2. The summed E-state index contributed by atoms with van der Waals surface area (Å²) < 4.78 is 5.23. The maximum Gasteiger partial charge on any atom is 0.330 e. The van der Waals surface area contributed by atoms with Crippen molar-refractivity contribution in [1.82, 2.24) is 14.9 Å². The minimum absolute atomic E-state index is 0.0341. The number of carbonyl (C=O) groups is 1. The molecule has 7 nitrogen and oxygen atoms in total. The first-order valence-electron chi connectivity index (χ1n) is 12.7. The second-order valence-electron chi connectivity index (χ2n) is 9.15. The molecule has 190 valence electrons. The Balaban J connectivity index is 1.45. The van der Waals surface area contributed by atoms with Gasteiger partial charge in [-0.1, -0.05) is 85.5 Å². The second kappa shape index (κ2) is 11.7. The van der Waals surface area contributed by atoms with Gasteiger partial charge in [0.05, 0.1) is 23.1 Å². The molecule has 7 heteroatoms. The van der Waals surface area contributed by atoms with Crippen molar-refractivity contribution < 1.29 is 9.53 Å². The number of carbonyl (C=O) groups excluding carboxylic acids is 1. The number of piperazine rings is 1. The molecule has 38 heavy (non-hydrogen) atoms. The molecule has 4 aromatic rings. The molecule has 0 N–H and O–H groups in total. The van der Waals surface area contributed by atoms with Crippen molar-refractivity contribution in [2.75, 3.05) is 37.7 Å². The number of aromatic nitrogens is 2. The minimum Gasteiger partial charge on any atom is -0.460 e. The van der Waals surface area contributed by atoms with Crippen LogP contribution in [0.3, 0.4) is 0 Å². The second-order valence-corrected chi connectivity index (χ2v) is 9.15. The van der Waals surface area contributed by atoms with Crippen LogP contribution in [0, 0.1) is 11.3 Å². The Bertz CT molecular complexity index is 1400. The van der Waals surface area contributed by atoms with Crippen molar-refractivity contribution in [3.05, 3.63) is 114 Å². The van der Waals surface area contributed by atoms with E-state index in [0.29, 0.717) is 30.1 Å². The zero-order chi connectivity index (χ0) is 26.3. The summed E-state index contributed by atoms with van der Waals surface area (Å²) in [6.07, 6.45) is 1.48. The Labute approximate surface area is 222 Å². The van der Waals surface area contributed by atoms with Crippen molar-refractivity contribution in [3.8, 4) is 6.07 Å². The van der Waals surface area contributed by atoms with Crippen LogP contribution < -0.4 is 4.90 Å². The summed E-state index contributed by atoms with van der Waals surface area (Å²) >= 11 is 0. The normalized spacial score (nSPS) is 14.7. The van der Waals surface area contributed by atoms with Crippen molar-refractivity contribution >= 4 is 22.8 Å². The van der Waals surface area contributed by atoms with Gasteiger partial charge >= 0.3 is 5.97 Å². The Morgan fingerprint density at radius 3 is 2.00 bits per heavy atom. The van der Waals surface area contributed by atoms with Gasteiger partial charge in [0, 0.05) is 26.2 Å². The highest BCUT2D eigenvalue weighted by atomic mass is 16.5. The smallest absolute Gasteiger partial charge is 0.330 e. The fraction of sp³-hybridized carbons (Fsp3) is 0.226. The average Bonchev–Trinajstić information content (AvgIpc) is 2.98. The number of fused-ring (bicyclic) bond motifs is 1. The zero-order valence-corrected chi connectivity index (χ0v) is 21.1. The number of hydrogen-bond donors (Lipinski definition) is 0. The van der Waals surface area contributed by atoms with Crippen LogP contribution in [0.1, 0.15) is 28.8 Å². The predicted molar refractivity (Wildman–Crippen MR) is 148 cm³/mol. The van der Waals surface area contributed by atoms with E-state index >= 15 is 0 Å². The Kier molecular flexibility index (Phi) is 7.72. The summed E-state index contributed by atoms with van der Waals surface area (Å²) in [6.45, 7) is 6.53. The van der Waals surface area contributed by atoms with Gasteiger partial charge in [0.15, 0.2) is 11.7 Å². The third-order valence-electron chi connectivity index (χ3n) is 6.77. The summed E-state index contributed by atoms with van der Waals surface area (Å²) in [4.78, 5) is 27.0. The molecule has 1 fully saturated rings. The van der Waals surface area contributed by atoms with Gasteiger partial charge in [-0.15, -0.1) is 0 Å². The molecule has 1 aliphatic heterocycles. The van der Waals surface area contributed by atoms with Crippen LogP contribution in [-0.2, 0) is 9.53 Å². The van der Waals surface area contributed by atoms with Crippen molar-refractivity contribution in [1.29, 1.82) is 5.26 Å². The molecule has 0 radical (unpaired) electrons.